The number of hydrogen-bond donors (Lipinski definition) is 2. The summed E-state index contributed by atoms with van der Waals surface area (Å²) in [6.45, 7) is 1.87. The van der Waals surface area contributed by atoms with Crippen LogP contribution in [-0.2, 0) is 0 Å². The summed E-state index contributed by atoms with van der Waals surface area (Å²) in [5, 5.41) is 6.21. The van der Waals surface area contributed by atoms with Gasteiger partial charge in [0.1, 0.15) is 11.6 Å². The van der Waals surface area contributed by atoms with Gasteiger partial charge in [0.2, 0.25) is 5.88 Å². The van der Waals surface area contributed by atoms with Crippen LogP contribution in [0, 0.1) is 5.82 Å². The second kappa shape index (κ2) is 10.4. The van der Waals surface area contributed by atoms with E-state index in [0.717, 1.165) is 37.2 Å². The molecule has 7 nitrogen and oxygen atoms in total. The van der Waals surface area contributed by atoms with Gasteiger partial charge in [-0.3, -0.25) is 9.78 Å². The number of nitrogens with one attached hydrogen (secondary N) is 2. The highest BCUT2D eigenvalue weighted by molar-refractivity contribution is 6.04. The van der Waals surface area contributed by atoms with E-state index in [9.17, 15) is 9.18 Å². The molecule has 4 aromatic rings. The van der Waals surface area contributed by atoms with Crippen molar-refractivity contribution in [1.29, 1.82) is 0 Å². The molecule has 1 atom stereocenters. The Morgan fingerprint density at radius 2 is 1.89 bits per heavy atom. The Bertz CT molecular complexity index is 1330. The van der Waals surface area contributed by atoms with Crippen molar-refractivity contribution >= 4 is 11.6 Å². The first-order valence-corrected chi connectivity index (χ1v) is 11.5. The highest BCUT2D eigenvalue weighted by Gasteiger charge is 2.20. The van der Waals surface area contributed by atoms with Crippen LogP contribution in [0.25, 0.3) is 11.4 Å². The van der Waals surface area contributed by atoms with Gasteiger partial charge in [0.25, 0.3) is 5.91 Å². The highest BCUT2D eigenvalue weighted by atomic mass is 19.1. The zero-order chi connectivity index (χ0) is 24.0. The first-order valence-electron chi connectivity index (χ1n) is 11.5. The Hall–Kier alpha value is -4.17. The number of anilines is 1. The van der Waals surface area contributed by atoms with Gasteiger partial charge in [0.05, 0.1) is 5.69 Å². The first kappa shape index (κ1) is 22.6. The van der Waals surface area contributed by atoms with Crippen LogP contribution in [0.4, 0.5) is 10.1 Å². The van der Waals surface area contributed by atoms with Gasteiger partial charge in [-0.05, 0) is 61.9 Å². The number of rotatable bonds is 6. The average Bonchev–Trinajstić information content (AvgIpc) is 2.90. The molecule has 8 heteroatoms. The number of amides is 1. The van der Waals surface area contributed by atoms with E-state index in [-0.39, 0.29) is 11.5 Å². The fourth-order valence-corrected chi connectivity index (χ4v) is 4.03. The predicted octanol–water partition coefficient (Wildman–Crippen LogP) is 5.19. The number of piperidine rings is 1. The lowest BCUT2D eigenvalue weighted by Crippen LogP contribution is -2.29. The molecule has 0 radical (unpaired) electrons. The lowest BCUT2D eigenvalue weighted by Gasteiger charge is -2.23. The quantitative estimate of drug-likeness (QED) is 0.404. The second-order valence-electron chi connectivity index (χ2n) is 8.33. The molecule has 176 valence electrons. The minimum absolute atomic E-state index is 0.236. The van der Waals surface area contributed by atoms with Gasteiger partial charge in [-0.15, -0.1) is 0 Å². The molecule has 1 amide bonds. The van der Waals surface area contributed by atoms with Crippen LogP contribution in [0.15, 0.2) is 79.1 Å². The van der Waals surface area contributed by atoms with Crippen molar-refractivity contribution in [2.24, 2.45) is 0 Å². The van der Waals surface area contributed by atoms with Gasteiger partial charge in [-0.25, -0.2) is 9.37 Å². The number of nitrogens with zero attached hydrogens (tertiary/aromatic N) is 3. The molecular formula is C27H24FN5O2. The van der Waals surface area contributed by atoms with E-state index >= 15 is 0 Å². The van der Waals surface area contributed by atoms with Crippen LogP contribution >= 0.6 is 0 Å². The molecule has 1 aliphatic heterocycles. The summed E-state index contributed by atoms with van der Waals surface area (Å²) >= 11 is 0. The van der Waals surface area contributed by atoms with E-state index in [1.54, 1.807) is 42.7 Å². The average molecular weight is 470 g/mol. The van der Waals surface area contributed by atoms with Crippen LogP contribution < -0.4 is 15.4 Å². The minimum atomic E-state index is -0.465. The summed E-state index contributed by atoms with van der Waals surface area (Å²) in [4.78, 5) is 26.0. The van der Waals surface area contributed by atoms with Gasteiger partial charge in [-0.1, -0.05) is 12.1 Å². The number of pyridine rings is 1. The van der Waals surface area contributed by atoms with E-state index < -0.39 is 11.7 Å². The number of hydrogen-bond acceptors (Lipinski definition) is 6. The van der Waals surface area contributed by atoms with Crippen molar-refractivity contribution in [3.8, 4) is 23.0 Å². The molecule has 1 fully saturated rings. The van der Waals surface area contributed by atoms with Crippen molar-refractivity contribution in [3.63, 3.8) is 0 Å². The van der Waals surface area contributed by atoms with E-state index in [4.69, 9.17) is 9.72 Å². The molecule has 0 saturated carbocycles. The van der Waals surface area contributed by atoms with Gasteiger partial charge >= 0.3 is 0 Å². The van der Waals surface area contributed by atoms with Crippen LogP contribution in [0.5, 0.6) is 11.6 Å². The van der Waals surface area contributed by atoms with Gasteiger partial charge in [0.15, 0.2) is 5.82 Å². The van der Waals surface area contributed by atoms with Crippen molar-refractivity contribution in [1.82, 2.24) is 20.3 Å². The molecule has 1 aliphatic rings. The fourth-order valence-electron chi connectivity index (χ4n) is 4.03. The molecule has 1 saturated heterocycles. The van der Waals surface area contributed by atoms with Crippen LogP contribution in [-0.4, -0.2) is 33.9 Å². The summed E-state index contributed by atoms with van der Waals surface area (Å²) in [5.41, 5.74) is 2.54. The van der Waals surface area contributed by atoms with Gasteiger partial charge in [-0.2, -0.15) is 4.98 Å². The molecule has 35 heavy (non-hydrogen) atoms. The molecule has 0 unspecified atom stereocenters. The molecule has 2 aromatic heterocycles. The lowest BCUT2D eigenvalue weighted by atomic mass is 9.96. The van der Waals surface area contributed by atoms with Crippen LogP contribution in [0.1, 0.15) is 34.8 Å². The SMILES string of the molecule is O=C(Nc1cccc(Oc2cc([C@@H]3CCCNC3)nc(-c3ccncc3)n2)c1)c1cccc(F)c1. The summed E-state index contributed by atoms with van der Waals surface area (Å²) in [6.07, 6.45) is 5.54. The highest BCUT2D eigenvalue weighted by Crippen LogP contribution is 2.30. The number of carbonyl (C=O) groups excluding carboxylic acids is 1. The minimum Gasteiger partial charge on any atom is -0.439 e. The topological polar surface area (TPSA) is 89.0 Å². The normalized spacial score (nSPS) is 15.4. The lowest BCUT2D eigenvalue weighted by molar-refractivity contribution is 0.102. The van der Waals surface area contributed by atoms with E-state index in [0.29, 0.717) is 23.1 Å². The van der Waals surface area contributed by atoms with Crippen molar-refractivity contribution < 1.29 is 13.9 Å². The molecule has 5 rings (SSSR count). The standard InChI is InChI=1S/C27H24FN5O2/c28-21-6-1-4-19(14-21)27(34)31-22-7-2-8-23(15-22)35-25-16-24(20-5-3-11-30-17-20)32-26(33-25)18-9-12-29-13-10-18/h1-2,4,6-10,12-16,20,30H,3,5,11,17H2,(H,31,34)/t20-/m1/s1. The third-order valence-electron chi connectivity index (χ3n) is 5.78. The monoisotopic (exact) mass is 469 g/mol. The second-order valence-corrected chi connectivity index (χ2v) is 8.33. The van der Waals surface area contributed by atoms with Crippen molar-refractivity contribution in [2.45, 2.75) is 18.8 Å². The Morgan fingerprint density at radius 3 is 2.69 bits per heavy atom. The van der Waals surface area contributed by atoms with Gasteiger partial charge in [0, 0.05) is 53.8 Å². The Morgan fingerprint density at radius 1 is 1.03 bits per heavy atom. The van der Waals surface area contributed by atoms with Crippen LogP contribution in [0.3, 0.4) is 0 Å². The van der Waals surface area contributed by atoms with E-state index in [1.165, 1.54) is 18.2 Å². The molecular weight excluding hydrogens is 445 g/mol. The Kier molecular flexibility index (Phi) is 6.72. The van der Waals surface area contributed by atoms with Gasteiger partial charge < -0.3 is 15.4 Å². The third kappa shape index (κ3) is 5.67. The fraction of sp³-hybridized carbons (Fsp3) is 0.185. The Balaban J connectivity index is 1.40. The number of ether oxygens (including phenoxy) is 1. The molecule has 0 spiro atoms. The number of carbonyl (C=O) groups is 1. The molecule has 2 N–H and O–H groups in total. The summed E-state index contributed by atoms with van der Waals surface area (Å²) < 4.78 is 19.6. The predicted molar refractivity (Wildman–Crippen MR) is 131 cm³/mol. The zero-order valence-electron chi connectivity index (χ0n) is 18.9. The number of benzene rings is 2. The summed E-state index contributed by atoms with van der Waals surface area (Å²) in [5.74, 6) is 0.894. The van der Waals surface area contributed by atoms with Crippen molar-refractivity contribution in [3.05, 3.63) is 96.2 Å². The Labute approximate surface area is 202 Å². The van der Waals surface area contributed by atoms with Crippen molar-refractivity contribution in [2.75, 3.05) is 18.4 Å². The van der Waals surface area contributed by atoms with Crippen LogP contribution in [0.2, 0.25) is 0 Å². The summed E-state index contributed by atoms with van der Waals surface area (Å²) in [7, 11) is 0. The largest absolute Gasteiger partial charge is 0.439 e. The third-order valence-corrected chi connectivity index (χ3v) is 5.78. The molecule has 0 bridgehead atoms. The molecule has 3 heterocycles. The zero-order valence-corrected chi connectivity index (χ0v) is 18.9. The maximum atomic E-state index is 13.5. The molecule has 2 aromatic carbocycles. The summed E-state index contributed by atoms with van der Waals surface area (Å²) in [6, 6.07) is 18.2. The maximum absolute atomic E-state index is 13.5. The van der Waals surface area contributed by atoms with E-state index in [2.05, 4.69) is 20.6 Å². The van der Waals surface area contributed by atoms with E-state index in [1.807, 2.05) is 18.2 Å². The maximum Gasteiger partial charge on any atom is 0.255 e. The smallest absolute Gasteiger partial charge is 0.255 e. The molecule has 0 aliphatic carbocycles. The first-order chi connectivity index (χ1) is 17.1. The number of halogens is 1. The number of aromatic nitrogens is 3.